The molecule has 25 heavy (non-hydrogen) atoms. The zero-order valence-corrected chi connectivity index (χ0v) is 16.4. The van der Waals surface area contributed by atoms with Gasteiger partial charge in [-0.3, -0.25) is 4.79 Å². The molecule has 1 amide bonds. The van der Waals surface area contributed by atoms with Crippen LogP contribution in [0.3, 0.4) is 0 Å². The van der Waals surface area contributed by atoms with Crippen LogP contribution in [0.5, 0.6) is 0 Å². The minimum absolute atomic E-state index is 0.138. The van der Waals surface area contributed by atoms with Gasteiger partial charge in [0.15, 0.2) is 4.34 Å². The molecule has 1 aliphatic carbocycles. The summed E-state index contributed by atoms with van der Waals surface area (Å²) in [6, 6.07) is 8.77. The minimum atomic E-state index is 0.138. The van der Waals surface area contributed by atoms with Crippen LogP contribution in [-0.4, -0.2) is 39.7 Å². The van der Waals surface area contributed by atoms with Crippen LogP contribution in [0, 0.1) is 0 Å². The van der Waals surface area contributed by atoms with Crippen molar-refractivity contribution in [2.24, 2.45) is 0 Å². The molecule has 8 heteroatoms. The topological polar surface area (TPSA) is 58.1 Å². The lowest BCUT2D eigenvalue weighted by Crippen LogP contribution is -2.33. The van der Waals surface area contributed by atoms with Crippen LogP contribution in [0.25, 0.3) is 0 Å². The summed E-state index contributed by atoms with van der Waals surface area (Å²) in [5.74, 6) is 0.532. The SMILES string of the molecule is CC1CCN(C(=O)CSc2nnc(NC3CC3)s2)c2ccccc2S1. The average Bonchev–Trinajstić information content (AvgIpc) is 3.33. The van der Waals surface area contributed by atoms with E-state index in [1.54, 1.807) is 0 Å². The fourth-order valence-corrected chi connectivity index (χ4v) is 5.49. The summed E-state index contributed by atoms with van der Waals surface area (Å²) in [4.78, 5) is 16.0. The highest BCUT2D eigenvalue weighted by molar-refractivity contribution is 8.01. The van der Waals surface area contributed by atoms with Crippen LogP contribution in [0.1, 0.15) is 26.2 Å². The van der Waals surface area contributed by atoms with Gasteiger partial charge in [0.25, 0.3) is 0 Å². The van der Waals surface area contributed by atoms with E-state index in [2.05, 4.69) is 28.5 Å². The van der Waals surface area contributed by atoms with Crippen LogP contribution in [-0.2, 0) is 4.79 Å². The van der Waals surface area contributed by atoms with Gasteiger partial charge in [-0.25, -0.2) is 0 Å². The van der Waals surface area contributed by atoms with Gasteiger partial charge in [0.05, 0.1) is 11.4 Å². The van der Waals surface area contributed by atoms with Crippen molar-refractivity contribution < 1.29 is 4.79 Å². The van der Waals surface area contributed by atoms with Crippen molar-refractivity contribution in [1.82, 2.24) is 10.2 Å². The number of benzene rings is 1. The van der Waals surface area contributed by atoms with Crippen LogP contribution in [0.15, 0.2) is 33.5 Å². The van der Waals surface area contributed by atoms with E-state index >= 15 is 0 Å². The highest BCUT2D eigenvalue weighted by Gasteiger charge is 2.25. The Labute approximate surface area is 160 Å². The standard InChI is InChI=1S/C17H20N4OS3/c1-11-8-9-21(13-4-2-3-5-14(13)24-11)15(22)10-23-17-20-19-16(25-17)18-12-6-7-12/h2-5,11-12H,6-10H2,1H3,(H,18,19). The molecule has 1 aromatic carbocycles. The van der Waals surface area contributed by atoms with Crippen LogP contribution in [0.2, 0.25) is 0 Å². The van der Waals surface area contributed by atoms with E-state index in [-0.39, 0.29) is 5.91 Å². The third-order valence-corrected chi connectivity index (χ3v) is 7.38. The lowest BCUT2D eigenvalue weighted by Gasteiger charge is -2.22. The number of para-hydroxylation sites is 1. The highest BCUT2D eigenvalue weighted by atomic mass is 32.2. The van der Waals surface area contributed by atoms with Crippen molar-refractivity contribution in [3.05, 3.63) is 24.3 Å². The first-order valence-corrected chi connectivity index (χ1v) is 11.2. The Morgan fingerprint density at radius 1 is 1.32 bits per heavy atom. The molecule has 1 unspecified atom stereocenters. The van der Waals surface area contributed by atoms with E-state index in [9.17, 15) is 4.79 Å². The summed E-state index contributed by atoms with van der Waals surface area (Å²) in [7, 11) is 0. The van der Waals surface area contributed by atoms with Crippen molar-refractivity contribution in [1.29, 1.82) is 0 Å². The van der Waals surface area contributed by atoms with Gasteiger partial charge in [-0.1, -0.05) is 42.2 Å². The highest BCUT2D eigenvalue weighted by Crippen LogP contribution is 2.38. The van der Waals surface area contributed by atoms with Gasteiger partial charge >= 0.3 is 0 Å². The number of rotatable bonds is 5. The quantitative estimate of drug-likeness (QED) is 0.773. The van der Waals surface area contributed by atoms with Crippen LogP contribution < -0.4 is 10.2 Å². The first-order chi connectivity index (χ1) is 12.2. The van der Waals surface area contributed by atoms with Gasteiger partial charge in [0, 0.05) is 22.7 Å². The molecule has 0 saturated heterocycles. The number of thioether (sulfide) groups is 2. The maximum atomic E-state index is 12.8. The Kier molecular flexibility index (Phi) is 5.19. The number of nitrogens with one attached hydrogen (secondary N) is 1. The molecule has 0 spiro atoms. The fraction of sp³-hybridized carbons (Fsp3) is 0.471. The molecule has 132 valence electrons. The summed E-state index contributed by atoms with van der Waals surface area (Å²) in [6.45, 7) is 3.00. The summed E-state index contributed by atoms with van der Waals surface area (Å²) in [6.07, 6.45) is 3.43. The van der Waals surface area contributed by atoms with Gasteiger partial charge in [0.2, 0.25) is 11.0 Å². The van der Waals surface area contributed by atoms with E-state index in [1.807, 2.05) is 34.9 Å². The zero-order chi connectivity index (χ0) is 17.2. The predicted molar refractivity (Wildman–Crippen MR) is 106 cm³/mol. The Bertz CT molecular complexity index is 762. The normalized spacial score (nSPS) is 20.0. The average molecular weight is 393 g/mol. The second kappa shape index (κ2) is 7.55. The lowest BCUT2D eigenvalue weighted by molar-refractivity contribution is -0.116. The van der Waals surface area contributed by atoms with Gasteiger partial charge in [-0.2, -0.15) is 0 Å². The van der Waals surface area contributed by atoms with Crippen LogP contribution in [0.4, 0.5) is 10.8 Å². The van der Waals surface area contributed by atoms with E-state index in [1.165, 1.54) is 40.8 Å². The maximum absolute atomic E-state index is 12.8. The second-order valence-corrected chi connectivity index (χ2v) is 9.99. The zero-order valence-electron chi connectivity index (χ0n) is 14.0. The van der Waals surface area contributed by atoms with Crippen molar-refractivity contribution >= 4 is 51.6 Å². The molecule has 0 bridgehead atoms. The van der Waals surface area contributed by atoms with E-state index in [0.29, 0.717) is 17.0 Å². The summed E-state index contributed by atoms with van der Waals surface area (Å²) in [5, 5.41) is 13.1. The minimum Gasteiger partial charge on any atom is -0.357 e. The molecule has 1 aliphatic heterocycles. The number of amides is 1. The molecule has 1 fully saturated rings. The third-order valence-electron chi connectivity index (χ3n) is 4.18. The Hall–Kier alpha value is -1.25. The molecule has 2 aliphatic rings. The van der Waals surface area contributed by atoms with Crippen LogP contribution >= 0.6 is 34.9 Å². The molecule has 4 rings (SSSR count). The molecule has 1 atom stereocenters. The summed E-state index contributed by atoms with van der Waals surface area (Å²) < 4.78 is 0.849. The van der Waals surface area contributed by atoms with Gasteiger partial charge in [-0.05, 0) is 31.4 Å². The predicted octanol–water partition coefficient (Wildman–Crippen LogP) is 4.12. The number of carbonyl (C=O) groups is 1. The summed E-state index contributed by atoms with van der Waals surface area (Å²) >= 11 is 4.87. The third kappa shape index (κ3) is 4.30. The lowest BCUT2D eigenvalue weighted by atomic mass is 10.2. The van der Waals surface area contributed by atoms with Crippen molar-refractivity contribution in [3.8, 4) is 0 Å². The Morgan fingerprint density at radius 2 is 2.16 bits per heavy atom. The smallest absolute Gasteiger partial charge is 0.237 e. The molecular weight excluding hydrogens is 372 g/mol. The number of carbonyl (C=O) groups excluding carboxylic acids is 1. The number of aromatic nitrogens is 2. The number of nitrogens with zero attached hydrogens (tertiary/aromatic N) is 3. The van der Waals surface area contributed by atoms with E-state index < -0.39 is 0 Å². The Morgan fingerprint density at radius 3 is 3.00 bits per heavy atom. The maximum Gasteiger partial charge on any atom is 0.237 e. The summed E-state index contributed by atoms with van der Waals surface area (Å²) in [5.41, 5.74) is 1.04. The van der Waals surface area contributed by atoms with Gasteiger partial charge in [-0.15, -0.1) is 22.0 Å². The first kappa shape index (κ1) is 17.2. The van der Waals surface area contributed by atoms with Crippen molar-refractivity contribution in [2.45, 2.75) is 46.7 Å². The Balaban J connectivity index is 1.41. The molecule has 1 aromatic heterocycles. The largest absolute Gasteiger partial charge is 0.357 e. The van der Waals surface area contributed by atoms with E-state index in [4.69, 9.17) is 0 Å². The van der Waals surface area contributed by atoms with E-state index in [0.717, 1.165) is 28.1 Å². The molecule has 1 saturated carbocycles. The molecule has 2 aromatic rings. The number of hydrogen-bond acceptors (Lipinski definition) is 7. The number of anilines is 2. The molecule has 2 heterocycles. The first-order valence-electron chi connectivity index (χ1n) is 8.48. The van der Waals surface area contributed by atoms with Gasteiger partial charge < -0.3 is 10.2 Å². The van der Waals surface area contributed by atoms with Crippen molar-refractivity contribution in [2.75, 3.05) is 22.5 Å². The van der Waals surface area contributed by atoms with Crippen molar-refractivity contribution in [3.63, 3.8) is 0 Å². The molecule has 1 N–H and O–H groups in total. The number of fused-ring (bicyclic) bond motifs is 1. The monoisotopic (exact) mass is 392 g/mol. The fourth-order valence-electron chi connectivity index (χ4n) is 2.68. The van der Waals surface area contributed by atoms with Gasteiger partial charge in [0.1, 0.15) is 0 Å². The molecule has 0 radical (unpaired) electrons. The molecule has 5 nitrogen and oxygen atoms in total. The second-order valence-electron chi connectivity index (χ2n) is 6.31. The number of hydrogen-bond donors (Lipinski definition) is 1. The molecular formula is C17H20N4OS3.